The van der Waals surface area contributed by atoms with Crippen LogP contribution >= 0.6 is 24.0 Å². The number of benzene rings is 2. The lowest BCUT2D eigenvalue weighted by Crippen LogP contribution is -2.25. The van der Waals surface area contributed by atoms with Crippen LogP contribution in [-0.4, -0.2) is 32.7 Å². The third-order valence-corrected chi connectivity index (χ3v) is 4.84. The number of anilines is 2. The average Bonchev–Trinajstić information content (AvgIpc) is 3.15. The molecular formula is C21H29IN4O. The topological polar surface area (TPSA) is 62.9 Å². The summed E-state index contributed by atoms with van der Waals surface area (Å²) in [6.07, 6.45) is 2.12. The molecule has 0 bridgehead atoms. The first-order valence-corrected chi connectivity index (χ1v) is 9.23. The summed E-state index contributed by atoms with van der Waals surface area (Å²) in [6, 6.07) is 16.5. The van der Waals surface area contributed by atoms with Crippen molar-refractivity contribution < 1.29 is 4.74 Å². The number of halogens is 1. The smallest absolute Gasteiger partial charge is 0.193 e. The summed E-state index contributed by atoms with van der Waals surface area (Å²) >= 11 is 0. The van der Waals surface area contributed by atoms with Crippen molar-refractivity contribution in [3.63, 3.8) is 0 Å². The van der Waals surface area contributed by atoms with Gasteiger partial charge in [-0.05, 0) is 48.6 Å². The Balaban J connectivity index is 0.00000261. The highest BCUT2D eigenvalue weighted by molar-refractivity contribution is 14.0. The molecule has 0 radical (unpaired) electrons. The van der Waals surface area contributed by atoms with Gasteiger partial charge in [-0.25, -0.2) is 0 Å². The highest BCUT2D eigenvalue weighted by atomic mass is 127. The fraction of sp³-hybridized carbons (Fsp3) is 0.381. The number of ether oxygens (including phenoxy) is 1. The zero-order chi connectivity index (χ0) is 18.4. The van der Waals surface area contributed by atoms with E-state index in [1.165, 1.54) is 5.56 Å². The summed E-state index contributed by atoms with van der Waals surface area (Å²) in [5.74, 6) is 1.91. The van der Waals surface area contributed by atoms with E-state index < -0.39 is 0 Å². The minimum atomic E-state index is 0. The van der Waals surface area contributed by atoms with Gasteiger partial charge in [0.25, 0.3) is 0 Å². The molecule has 1 aliphatic heterocycles. The lowest BCUT2D eigenvalue weighted by atomic mass is 10.1. The number of methoxy groups -OCH3 is 1. The lowest BCUT2D eigenvalue weighted by molar-refractivity contribution is 0.414. The van der Waals surface area contributed by atoms with Gasteiger partial charge in [0.2, 0.25) is 0 Å². The van der Waals surface area contributed by atoms with Crippen LogP contribution in [0.1, 0.15) is 18.9 Å². The molecule has 1 fully saturated rings. The van der Waals surface area contributed by atoms with Gasteiger partial charge in [-0.2, -0.15) is 0 Å². The Morgan fingerprint density at radius 1 is 1.26 bits per heavy atom. The third-order valence-electron chi connectivity index (χ3n) is 4.84. The minimum Gasteiger partial charge on any atom is -0.495 e. The molecule has 6 heteroatoms. The van der Waals surface area contributed by atoms with Gasteiger partial charge in [0.05, 0.1) is 12.8 Å². The van der Waals surface area contributed by atoms with Crippen molar-refractivity contribution in [1.29, 1.82) is 0 Å². The first-order chi connectivity index (χ1) is 12.7. The molecule has 2 aromatic carbocycles. The largest absolute Gasteiger partial charge is 0.495 e. The van der Waals surface area contributed by atoms with Crippen LogP contribution < -0.4 is 20.7 Å². The maximum atomic E-state index is 6.07. The Kier molecular flexibility index (Phi) is 8.22. The summed E-state index contributed by atoms with van der Waals surface area (Å²) < 4.78 is 5.48. The van der Waals surface area contributed by atoms with Gasteiger partial charge in [-0.3, -0.25) is 4.99 Å². The maximum absolute atomic E-state index is 6.07. The summed E-state index contributed by atoms with van der Waals surface area (Å²) in [7, 11) is 1.72. The average molecular weight is 480 g/mol. The van der Waals surface area contributed by atoms with Gasteiger partial charge in [0, 0.05) is 25.3 Å². The zero-order valence-corrected chi connectivity index (χ0v) is 18.4. The fourth-order valence-electron chi connectivity index (χ4n) is 3.38. The molecule has 146 valence electrons. The molecule has 1 saturated heterocycles. The Hall–Kier alpha value is -1.96. The molecule has 1 heterocycles. The van der Waals surface area contributed by atoms with E-state index in [1.807, 2.05) is 24.3 Å². The molecule has 0 saturated carbocycles. The molecule has 3 rings (SSSR count). The van der Waals surface area contributed by atoms with Crippen LogP contribution in [0.5, 0.6) is 5.75 Å². The minimum absolute atomic E-state index is 0. The number of aliphatic imine (C=N–C) groups is 1. The first kappa shape index (κ1) is 21.3. The summed E-state index contributed by atoms with van der Waals surface area (Å²) in [5.41, 5.74) is 9.51. The number of nitrogens with two attached hydrogens (primary N) is 1. The number of nitrogens with zero attached hydrogens (tertiary/aromatic N) is 2. The molecule has 0 aliphatic carbocycles. The van der Waals surface area contributed by atoms with E-state index in [1.54, 1.807) is 7.11 Å². The Morgan fingerprint density at radius 3 is 2.85 bits per heavy atom. The van der Waals surface area contributed by atoms with Crippen molar-refractivity contribution >= 4 is 41.3 Å². The van der Waals surface area contributed by atoms with Crippen LogP contribution in [0.2, 0.25) is 0 Å². The van der Waals surface area contributed by atoms with Crippen molar-refractivity contribution in [2.75, 3.05) is 37.0 Å². The second kappa shape index (κ2) is 10.4. The van der Waals surface area contributed by atoms with Gasteiger partial charge >= 0.3 is 0 Å². The molecule has 0 spiro atoms. The van der Waals surface area contributed by atoms with E-state index in [9.17, 15) is 0 Å². The van der Waals surface area contributed by atoms with Gasteiger partial charge in [0.15, 0.2) is 5.96 Å². The predicted molar refractivity (Wildman–Crippen MR) is 125 cm³/mol. The van der Waals surface area contributed by atoms with Crippen molar-refractivity contribution in [2.24, 2.45) is 16.6 Å². The standard InChI is InChI=1S/C21H28N4O.HI/c1-3-16-7-6-8-18(13-16)24-21(22)23-14-17-11-12-25(15-17)19-9-4-5-10-20(19)26-2;/h4-10,13,17H,3,11-12,14-15H2,1-2H3,(H3,22,23,24);1H. The number of nitrogens with one attached hydrogen (secondary N) is 1. The van der Waals surface area contributed by atoms with Crippen LogP contribution in [0.25, 0.3) is 0 Å². The van der Waals surface area contributed by atoms with Crippen LogP contribution in [0.15, 0.2) is 53.5 Å². The molecular weight excluding hydrogens is 451 g/mol. The third kappa shape index (κ3) is 5.76. The normalized spacial score (nSPS) is 16.7. The van der Waals surface area contributed by atoms with Gasteiger partial charge in [0.1, 0.15) is 5.75 Å². The van der Waals surface area contributed by atoms with Gasteiger partial charge < -0.3 is 20.7 Å². The van der Waals surface area contributed by atoms with E-state index >= 15 is 0 Å². The zero-order valence-electron chi connectivity index (χ0n) is 16.0. The fourth-order valence-corrected chi connectivity index (χ4v) is 3.38. The Bertz CT molecular complexity index is 765. The summed E-state index contributed by atoms with van der Waals surface area (Å²) in [5, 5.41) is 3.20. The van der Waals surface area contributed by atoms with Crippen molar-refractivity contribution in [2.45, 2.75) is 19.8 Å². The second-order valence-electron chi connectivity index (χ2n) is 6.68. The van der Waals surface area contributed by atoms with Gasteiger partial charge in [-0.1, -0.05) is 31.2 Å². The monoisotopic (exact) mass is 480 g/mol. The summed E-state index contributed by atoms with van der Waals surface area (Å²) in [6.45, 7) is 4.87. The number of guanidine groups is 1. The lowest BCUT2D eigenvalue weighted by Gasteiger charge is -2.21. The van der Waals surface area contributed by atoms with Crippen LogP contribution in [0.3, 0.4) is 0 Å². The number of rotatable bonds is 6. The predicted octanol–water partition coefficient (Wildman–Crippen LogP) is 4.13. The van der Waals surface area contributed by atoms with Crippen molar-refractivity contribution in [1.82, 2.24) is 0 Å². The highest BCUT2D eigenvalue weighted by Crippen LogP contribution is 2.31. The van der Waals surface area contributed by atoms with E-state index in [0.717, 1.165) is 49.6 Å². The number of hydrogen-bond donors (Lipinski definition) is 2. The van der Waals surface area contributed by atoms with E-state index in [2.05, 4.69) is 46.4 Å². The summed E-state index contributed by atoms with van der Waals surface area (Å²) in [4.78, 5) is 6.92. The molecule has 0 aromatic heterocycles. The molecule has 0 amide bonds. The van der Waals surface area contributed by atoms with Crippen LogP contribution in [0.4, 0.5) is 11.4 Å². The maximum Gasteiger partial charge on any atom is 0.193 e. The van der Waals surface area contributed by atoms with Gasteiger partial charge in [-0.15, -0.1) is 24.0 Å². The molecule has 27 heavy (non-hydrogen) atoms. The number of hydrogen-bond acceptors (Lipinski definition) is 3. The number of para-hydroxylation sites is 2. The molecule has 1 aliphatic rings. The van der Waals surface area contributed by atoms with E-state index in [4.69, 9.17) is 10.5 Å². The molecule has 3 N–H and O–H groups in total. The molecule has 5 nitrogen and oxygen atoms in total. The van der Waals surface area contributed by atoms with Crippen LogP contribution in [0, 0.1) is 5.92 Å². The van der Waals surface area contributed by atoms with Crippen molar-refractivity contribution in [3.05, 3.63) is 54.1 Å². The molecule has 1 atom stereocenters. The quantitative estimate of drug-likeness (QED) is 0.371. The SMILES string of the molecule is CCc1cccc(NC(N)=NCC2CCN(c3ccccc3OC)C2)c1.I. The van der Waals surface area contributed by atoms with Crippen molar-refractivity contribution in [3.8, 4) is 5.75 Å². The second-order valence-corrected chi connectivity index (χ2v) is 6.68. The Labute approximate surface area is 179 Å². The highest BCUT2D eigenvalue weighted by Gasteiger charge is 2.24. The van der Waals surface area contributed by atoms with E-state index in [0.29, 0.717) is 11.9 Å². The van der Waals surface area contributed by atoms with Crippen LogP contribution in [-0.2, 0) is 6.42 Å². The number of aryl methyl sites for hydroxylation is 1. The van der Waals surface area contributed by atoms with E-state index in [-0.39, 0.29) is 24.0 Å². The Morgan fingerprint density at radius 2 is 2.07 bits per heavy atom. The molecule has 2 aromatic rings. The first-order valence-electron chi connectivity index (χ1n) is 9.23. The molecule has 1 unspecified atom stereocenters.